The van der Waals surface area contributed by atoms with E-state index in [1.165, 1.54) is 10.4 Å². The second kappa shape index (κ2) is 7.02. The van der Waals surface area contributed by atoms with Gasteiger partial charge in [-0.05, 0) is 29.9 Å². The first kappa shape index (κ1) is 15.8. The number of hydrogen-bond acceptors (Lipinski definition) is 4. The Morgan fingerprint density at radius 2 is 2.18 bits per heavy atom. The summed E-state index contributed by atoms with van der Waals surface area (Å²) in [5.41, 5.74) is 2.00. The third-order valence-electron chi connectivity index (χ3n) is 3.54. The van der Waals surface area contributed by atoms with Gasteiger partial charge in [-0.2, -0.15) is 11.8 Å². The smallest absolute Gasteiger partial charge is 0.254 e. The average molecular weight is 355 g/mol. The second-order valence-corrected chi connectivity index (χ2v) is 8.85. The van der Waals surface area contributed by atoms with Gasteiger partial charge in [-0.15, -0.1) is 11.3 Å². The fraction of sp³-hybridized carbons (Fsp3) is 0.400. The Kier molecular flexibility index (Phi) is 5.05. The number of nitrogens with zero attached hydrogens (tertiary/aromatic N) is 1. The van der Waals surface area contributed by atoms with Gasteiger partial charge < -0.3 is 9.88 Å². The van der Waals surface area contributed by atoms with Gasteiger partial charge in [0, 0.05) is 52.4 Å². The molecule has 1 aliphatic rings. The van der Waals surface area contributed by atoms with Gasteiger partial charge in [0.2, 0.25) is 0 Å². The first-order valence-corrected chi connectivity index (χ1v) is 10.8. The van der Waals surface area contributed by atoms with Crippen molar-refractivity contribution in [1.29, 1.82) is 0 Å². The molecule has 0 unspecified atom stereocenters. The number of carbonyl (C=O) groups is 1. The summed E-state index contributed by atoms with van der Waals surface area (Å²) in [6.45, 7) is 0.451. The first-order valence-electron chi connectivity index (χ1n) is 7.10. The third-order valence-corrected chi connectivity index (χ3v) is 6.74. The molecular formula is C15H18N2O2S3. The van der Waals surface area contributed by atoms with Gasteiger partial charge in [0.15, 0.2) is 0 Å². The van der Waals surface area contributed by atoms with Gasteiger partial charge in [0.1, 0.15) is 5.00 Å². The fourth-order valence-electron chi connectivity index (χ4n) is 2.50. The number of thioether (sulfide) groups is 1. The van der Waals surface area contributed by atoms with Crippen LogP contribution in [0.5, 0.6) is 0 Å². The number of hydrogen-bond donors (Lipinski definition) is 1. The summed E-state index contributed by atoms with van der Waals surface area (Å²) in [6, 6.07) is 3.94. The van der Waals surface area contributed by atoms with E-state index < -0.39 is 10.8 Å². The van der Waals surface area contributed by atoms with Crippen molar-refractivity contribution in [3.63, 3.8) is 0 Å². The van der Waals surface area contributed by atoms with Crippen LogP contribution in [-0.4, -0.2) is 39.0 Å². The highest BCUT2D eigenvalue weighted by Crippen LogP contribution is 2.38. The number of carbonyl (C=O) groups excluding carboxylic acids is 1. The summed E-state index contributed by atoms with van der Waals surface area (Å²) in [5, 5.41) is 3.92. The maximum atomic E-state index is 12.7. The van der Waals surface area contributed by atoms with E-state index in [2.05, 4.69) is 5.32 Å². The molecule has 1 atom stereocenters. The van der Waals surface area contributed by atoms with E-state index in [0.717, 1.165) is 28.5 Å². The number of aromatic nitrogens is 1. The standard InChI is InChI=1S/C15H18N2O2S3/c1-22(19)9-5-16-14(18)13-11-4-8-20-10-12(11)21-15(13)17-6-2-3-7-17/h2-3,6-7H,4-5,8-10H2,1H3,(H,16,18)/t22-/m0/s1. The van der Waals surface area contributed by atoms with Gasteiger partial charge in [-0.3, -0.25) is 9.00 Å². The lowest BCUT2D eigenvalue weighted by Gasteiger charge is -2.13. The van der Waals surface area contributed by atoms with E-state index in [0.29, 0.717) is 12.3 Å². The van der Waals surface area contributed by atoms with Crippen molar-refractivity contribution in [1.82, 2.24) is 9.88 Å². The Bertz CT molecular complexity index is 692. The molecule has 0 fully saturated rings. The molecule has 3 heterocycles. The molecule has 1 amide bonds. The zero-order chi connectivity index (χ0) is 15.5. The molecule has 2 aromatic rings. The Morgan fingerprint density at radius 3 is 2.91 bits per heavy atom. The molecular weight excluding hydrogens is 336 g/mol. The predicted octanol–water partition coefficient (Wildman–Crippen LogP) is 2.44. The van der Waals surface area contributed by atoms with Crippen LogP contribution in [0.3, 0.4) is 0 Å². The van der Waals surface area contributed by atoms with Gasteiger partial charge in [-0.1, -0.05) is 0 Å². The monoisotopic (exact) mass is 354 g/mol. The molecule has 0 saturated heterocycles. The SMILES string of the molecule is C[S@](=O)CCNC(=O)c1c(-n2cccc2)sc2c1CCSC2. The Morgan fingerprint density at radius 1 is 1.41 bits per heavy atom. The van der Waals surface area contributed by atoms with E-state index in [9.17, 15) is 9.00 Å². The van der Waals surface area contributed by atoms with E-state index in [-0.39, 0.29) is 5.91 Å². The van der Waals surface area contributed by atoms with E-state index in [4.69, 9.17) is 0 Å². The van der Waals surface area contributed by atoms with E-state index >= 15 is 0 Å². The van der Waals surface area contributed by atoms with Gasteiger partial charge in [0.05, 0.1) is 5.56 Å². The van der Waals surface area contributed by atoms with Crippen molar-refractivity contribution in [2.24, 2.45) is 0 Å². The highest BCUT2D eigenvalue weighted by molar-refractivity contribution is 7.98. The van der Waals surface area contributed by atoms with Crippen LogP contribution in [0, 0.1) is 0 Å². The van der Waals surface area contributed by atoms with Crippen LogP contribution < -0.4 is 5.32 Å². The highest BCUT2D eigenvalue weighted by atomic mass is 32.2. The molecule has 0 saturated carbocycles. The summed E-state index contributed by atoms with van der Waals surface area (Å²) >= 11 is 3.63. The molecule has 0 radical (unpaired) electrons. The van der Waals surface area contributed by atoms with Crippen LogP contribution in [0.25, 0.3) is 5.00 Å². The lowest BCUT2D eigenvalue weighted by Crippen LogP contribution is -2.29. The largest absolute Gasteiger partial charge is 0.351 e. The minimum Gasteiger partial charge on any atom is -0.351 e. The molecule has 1 N–H and O–H groups in total. The molecule has 4 nitrogen and oxygen atoms in total. The molecule has 22 heavy (non-hydrogen) atoms. The van der Waals surface area contributed by atoms with Crippen molar-refractivity contribution in [3.8, 4) is 5.00 Å². The van der Waals surface area contributed by atoms with Gasteiger partial charge >= 0.3 is 0 Å². The molecule has 3 rings (SSSR count). The normalized spacial score (nSPS) is 15.3. The van der Waals surface area contributed by atoms with Crippen LogP contribution in [0.1, 0.15) is 20.8 Å². The van der Waals surface area contributed by atoms with Crippen molar-refractivity contribution in [2.45, 2.75) is 12.2 Å². The van der Waals surface area contributed by atoms with E-state index in [1.54, 1.807) is 17.6 Å². The number of thiophene rings is 1. The minimum absolute atomic E-state index is 0.0430. The summed E-state index contributed by atoms with van der Waals surface area (Å²) < 4.78 is 13.2. The quantitative estimate of drug-likeness (QED) is 0.897. The topological polar surface area (TPSA) is 51.1 Å². The van der Waals surface area contributed by atoms with Gasteiger partial charge in [-0.25, -0.2) is 0 Å². The summed E-state index contributed by atoms with van der Waals surface area (Å²) in [4.78, 5) is 14.0. The summed E-state index contributed by atoms with van der Waals surface area (Å²) in [5.74, 6) is 2.50. The maximum Gasteiger partial charge on any atom is 0.254 e. The first-order chi connectivity index (χ1) is 10.7. The average Bonchev–Trinajstić information content (AvgIpc) is 3.13. The number of amides is 1. The Balaban J connectivity index is 1.92. The Hall–Kier alpha value is -1.05. The lowest BCUT2D eigenvalue weighted by molar-refractivity contribution is 0.0955. The molecule has 0 bridgehead atoms. The number of nitrogens with one attached hydrogen (secondary N) is 1. The van der Waals surface area contributed by atoms with Crippen LogP contribution >= 0.6 is 23.1 Å². The van der Waals surface area contributed by atoms with Crippen LogP contribution in [0.2, 0.25) is 0 Å². The molecule has 0 aliphatic carbocycles. The fourth-order valence-corrected chi connectivity index (χ4v) is 5.33. The molecule has 0 aromatic carbocycles. The third kappa shape index (κ3) is 3.31. The zero-order valence-corrected chi connectivity index (χ0v) is 14.8. The second-order valence-electron chi connectivity index (χ2n) is 5.11. The number of fused-ring (bicyclic) bond motifs is 1. The van der Waals surface area contributed by atoms with Gasteiger partial charge in [0.25, 0.3) is 5.91 Å². The Labute approximate surface area is 140 Å². The molecule has 118 valence electrons. The minimum atomic E-state index is -0.886. The van der Waals surface area contributed by atoms with Crippen molar-refractivity contribution >= 4 is 39.8 Å². The van der Waals surface area contributed by atoms with Crippen molar-refractivity contribution in [3.05, 3.63) is 40.5 Å². The molecule has 0 spiro atoms. The van der Waals surface area contributed by atoms with Crippen LogP contribution in [-0.2, 0) is 23.0 Å². The molecule has 2 aromatic heterocycles. The van der Waals surface area contributed by atoms with Crippen LogP contribution in [0.4, 0.5) is 0 Å². The van der Waals surface area contributed by atoms with E-state index in [1.807, 2.05) is 40.9 Å². The summed E-state index contributed by atoms with van der Waals surface area (Å²) in [6.07, 6.45) is 6.55. The lowest BCUT2D eigenvalue weighted by atomic mass is 10.1. The molecule has 1 aliphatic heterocycles. The predicted molar refractivity (Wildman–Crippen MR) is 94.8 cm³/mol. The highest BCUT2D eigenvalue weighted by Gasteiger charge is 2.26. The maximum absolute atomic E-state index is 12.7. The summed E-state index contributed by atoms with van der Waals surface area (Å²) in [7, 11) is -0.886. The van der Waals surface area contributed by atoms with Crippen molar-refractivity contribution in [2.75, 3.05) is 24.3 Å². The van der Waals surface area contributed by atoms with Crippen LogP contribution in [0.15, 0.2) is 24.5 Å². The number of rotatable bonds is 5. The van der Waals surface area contributed by atoms with Crippen molar-refractivity contribution < 1.29 is 9.00 Å². The zero-order valence-electron chi connectivity index (χ0n) is 12.3. The molecule has 7 heteroatoms.